The van der Waals surface area contributed by atoms with Crippen LogP contribution in [0.1, 0.15) is 31.2 Å². The highest BCUT2D eigenvalue weighted by Gasteiger charge is 2.48. The molecule has 3 saturated heterocycles. The summed E-state index contributed by atoms with van der Waals surface area (Å²) in [6.45, 7) is 3.13. The van der Waals surface area contributed by atoms with Crippen molar-refractivity contribution in [1.29, 1.82) is 0 Å². The lowest BCUT2D eigenvalue weighted by atomic mass is 9.99. The zero-order valence-corrected chi connectivity index (χ0v) is 16.0. The Morgan fingerprint density at radius 2 is 1.93 bits per heavy atom. The number of aliphatic hydroxyl groups is 1. The third kappa shape index (κ3) is 4.17. The van der Waals surface area contributed by atoms with Crippen molar-refractivity contribution >= 4 is 5.91 Å². The molecule has 148 valence electrons. The first-order valence-corrected chi connectivity index (χ1v) is 10.00. The topological polar surface area (TPSA) is 68.3 Å². The van der Waals surface area contributed by atoms with Crippen LogP contribution in [0.2, 0.25) is 0 Å². The smallest absolute Gasteiger partial charge is 0.237 e. The molecule has 1 aromatic carbocycles. The van der Waals surface area contributed by atoms with Crippen molar-refractivity contribution in [1.82, 2.24) is 20.2 Å². The Kier molecular flexibility index (Phi) is 5.75. The van der Waals surface area contributed by atoms with E-state index in [1.165, 1.54) is 0 Å². The van der Waals surface area contributed by atoms with Crippen molar-refractivity contribution in [3.05, 3.63) is 35.9 Å². The molecule has 2 bridgehead atoms. The molecule has 0 aliphatic carbocycles. The van der Waals surface area contributed by atoms with Gasteiger partial charge in [-0.3, -0.25) is 14.5 Å². The van der Waals surface area contributed by atoms with Crippen molar-refractivity contribution in [3.8, 4) is 0 Å². The molecule has 3 heterocycles. The first-order chi connectivity index (χ1) is 13.1. The molecule has 1 aromatic rings. The molecule has 27 heavy (non-hydrogen) atoms. The number of amides is 1. The van der Waals surface area contributed by atoms with Gasteiger partial charge in [-0.25, -0.2) is 0 Å². The van der Waals surface area contributed by atoms with Crippen LogP contribution in [0.4, 0.5) is 0 Å². The fourth-order valence-electron chi connectivity index (χ4n) is 4.40. The van der Waals surface area contributed by atoms with Crippen LogP contribution in [0.15, 0.2) is 30.3 Å². The van der Waals surface area contributed by atoms with E-state index in [2.05, 4.69) is 17.3 Å². The highest BCUT2D eigenvalue weighted by molar-refractivity contribution is 5.82. The fraction of sp³-hybridized carbons (Fsp3) is 0.650. The quantitative estimate of drug-likeness (QED) is 0.793. The first-order valence-electron chi connectivity index (χ1n) is 10.00. The standard InChI is InChI=1S/C20H30N4O3/c1-22-11-9-16(10-12-22)21-19(25)18-8-7-17-13-23(18)20(26)24(17)27-14-15-5-3-2-4-6-15/h2-6,16-18,20,26H,7-14H2,1H3,(H,21,25)/t17-,18+,20?/m1/s1. The van der Waals surface area contributed by atoms with E-state index >= 15 is 0 Å². The summed E-state index contributed by atoms with van der Waals surface area (Å²) < 4.78 is 0. The van der Waals surface area contributed by atoms with Gasteiger partial charge in [-0.15, -0.1) is 5.06 Å². The van der Waals surface area contributed by atoms with Crippen LogP contribution >= 0.6 is 0 Å². The monoisotopic (exact) mass is 374 g/mol. The molecule has 7 heteroatoms. The number of hydrogen-bond acceptors (Lipinski definition) is 6. The molecule has 2 N–H and O–H groups in total. The van der Waals surface area contributed by atoms with E-state index in [9.17, 15) is 9.90 Å². The second kappa shape index (κ2) is 8.24. The number of nitrogens with zero attached hydrogens (tertiary/aromatic N) is 3. The lowest BCUT2D eigenvalue weighted by Crippen LogP contribution is -2.54. The number of aliphatic hydroxyl groups excluding tert-OH is 1. The SMILES string of the molecule is CN1CCC(NC(=O)[C@@H]2CC[C@@H]3CN2C(O)N3OCc2ccccc2)CC1. The van der Waals surface area contributed by atoms with E-state index < -0.39 is 6.35 Å². The van der Waals surface area contributed by atoms with Gasteiger partial charge in [0.15, 0.2) is 6.35 Å². The Balaban J connectivity index is 1.33. The van der Waals surface area contributed by atoms with Crippen LogP contribution in [0, 0.1) is 0 Å². The predicted octanol–water partition coefficient (Wildman–Crippen LogP) is 0.753. The summed E-state index contributed by atoms with van der Waals surface area (Å²) in [5.41, 5.74) is 1.07. The Labute approximate surface area is 160 Å². The molecule has 4 atom stereocenters. The van der Waals surface area contributed by atoms with Gasteiger partial charge < -0.3 is 15.3 Å². The Morgan fingerprint density at radius 3 is 2.67 bits per heavy atom. The van der Waals surface area contributed by atoms with Crippen LogP contribution in [0.5, 0.6) is 0 Å². The van der Waals surface area contributed by atoms with Gasteiger partial charge in [0.25, 0.3) is 0 Å². The summed E-state index contributed by atoms with van der Waals surface area (Å²) in [5.74, 6) is 0.0481. The molecule has 3 fully saturated rings. The number of hydroxylamine groups is 2. The number of carbonyl (C=O) groups is 1. The third-order valence-electron chi connectivity index (χ3n) is 6.07. The van der Waals surface area contributed by atoms with Gasteiger partial charge in [0, 0.05) is 12.6 Å². The molecule has 0 radical (unpaired) electrons. The van der Waals surface area contributed by atoms with Gasteiger partial charge in [0.05, 0.1) is 18.7 Å². The lowest BCUT2D eigenvalue weighted by Gasteiger charge is -2.34. The molecule has 0 spiro atoms. The van der Waals surface area contributed by atoms with Gasteiger partial charge >= 0.3 is 0 Å². The first kappa shape index (κ1) is 18.8. The minimum absolute atomic E-state index is 0.0481. The number of benzene rings is 1. The maximum Gasteiger partial charge on any atom is 0.237 e. The van der Waals surface area contributed by atoms with Gasteiger partial charge in [0.1, 0.15) is 0 Å². The van der Waals surface area contributed by atoms with Gasteiger partial charge in [-0.1, -0.05) is 30.3 Å². The van der Waals surface area contributed by atoms with Crippen molar-refractivity contribution in [2.24, 2.45) is 0 Å². The van der Waals surface area contributed by atoms with Crippen LogP contribution in [0.3, 0.4) is 0 Å². The largest absolute Gasteiger partial charge is 0.363 e. The van der Waals surface area contributed by atoms with Crippen molar-refractivity contribution in [2.75, 3.05) is 26.7 Å². The van der Waals surface area contributed by atoms with Crippen molar-refractivity contribution < 1.29 is 14.7 Å². The summed E-state index contributed by atoms with van der Waals surface area (Å²) in [7, 11) is 2.12. The summed E-state index contributed by atoms with van der Waals surface area (Å²) in [6.07, 6.45) is 2.73. The Bertz CT molecular complexity index is 635. The third-order valence-corrected chi connectivity index (χ3v) is 6.07. The minimum atomic E-state index is -0.866. The molecular formula is C20H30N4O3. The van der Waals surface area contributed by atoms with Gasteiger partial charge in [0.2, 0.25) is 5.91 Å². The number of nitrogens with one attached hydrogen (secondary N) is 1. The molecule has 2 unspecified atom stereocenters. The van der Waals surface area contributed by atoms with Gasteiger partial charge in [-0.2, -0.15) is 0 Å². The zero-order valence-electron chi connectivity index (χ0n) is 16.0. The highest BCUT2D eigenvalue weighted by Crippen LogP contribution is 2.32. The predicted molar refractivity (Wildman–Crippen MR) is 101 cm³/mol. The van der Waals surface area contributed by atoms with E-state index in [1.807, 2.05) is 35.2 Å². The van der Waals surface area contributed by atoms with E-state index in [4.69, 9.17) is 4.84 Å². The number of hydrogen-bond donors (Lipinski definition) is 2. The molecule has 1 amide bonds. The van der Waals surface area contributed by atoms with Crippen LogP contribution in [0.25, 0.3) is 0 Å². The summed E-state index contributed by atoms with van der Waals surface area (Å²) in [4.78, 5) is 22.9. The average molecular weight is 374 g/mol. The van der Waals surface area contributed by atoms with E-state index in [0.29, 0.717) is 13.2 Å². The maximum absolute atomic E-state index is 12.8. The lowest BCUT2D eigenvalue weighted by molar-refractivity contribution is -0.265. The normalized spacial score (nSPS) is 32.5. The van der Waals surface area contributed by atoms with Crippen molar-refractivity contribution in [2.45, 2.75) is 56.8 Å². The van der Waals surface area contributed by atoms with Crippen LogP contribution in [-0.2, 0) is 16.2 Å². The number of likely N-dealkylation sites (tertiary alicyclic amines) is 1. The fourth-order valence-corrected chi connectivity index (χ4v) is 4.40. The summed E-state index contributed by atoms with van der Waals surface area (Å²) in [6, 6.07) is 10.0. The second-order valence-corrected chi connectivity index (χ2v) is 8.00. The highest BCUT2D eigenvalue weighted by atomic mass is 16.7. The number of carbonyl (C=O) groups excluding carboxylic acids is 1. The van der Waals surface area contributed by atoms with Crippen LogP contribution in [-0.4, -0.2) is 77.0 Å². The molecule has 0 aromatic heterocycles. The molecule has 0 saturated carbocycles. The molecule has 3 aliphatic rings. The number of rotatable bonds is 5. The van der Waals surface area contributed by atoms with Crippen LogP contribution < -0.4 is 5.32 Å². The summed E-state index contributed by atoms with van der Waals surface area (Å²) >= 11 is 0. The van der Waals surface area contributed by atoms with E-state index in [0.717, 1.165) is 44.3 Å². The Hall–Kier alpha value is -1.51. The van der Waals surface area contributed by atoms with Gasteiger partial charge in [-0.05, 0) is 51.4 Å². The summed E-state index contributed by atoms with van der Waals surface area (Å²) in [5, 5.41) is 15.6. The van der Waals surface area contributed by atoms with Crippen molar-refractivity contribution in [3.63, 3.8) is 0 Å². The Morgan fingerprint density at radius 1 is 1.19 bits per heavy atom. The maximum atomic E-state index is 12.8. The number of fused-ring (bicyclic) bond motifs is 2. The van der Waals surface area contributed by atoms with E-state index in [-0.39, 0.29) is 24.0 Å². The molecular weight excluding hydrogens is 344 g/mol. The second-order valence-electron chi connectivity index (χ2n) is 8.00. The average Bonchev–Trinajstić information content (AvgIpc) is 2.93. The minimum Gasteiger partial charge on any atom is -0.363 e. The molecule has 3 aliphatic heterocycles. The molecule has 4 rings (SSSR count). The number of piperidine rings is 2. The zero-order chi connectivity index (χ0) is 18.8. The van der Waals surface area contributed by atoms with E-state index in [1.54, 1.807) is 5.06 Å². The molecule has 7 nitrogen and oxygen atoms in total.